The topological polar surface area (TPSA) is 93.2 Å². The van der Waals surface area contributed by atoms with Crippen LogP contribution in [-0.2, 0) is 20.0 Å². The zero-order valence-electron chi connectivity index (χ0n) is 18.8. The van der Waals surface area contributed by atoms with Crippen LogP contribution in [0.15, 0.2) is 52.3 Å². The number of hydrogen-bond acceptors (Lipinski definition) is 6. The molecule has 1 aliphatic rings. The van der Waals surface area contributed by atoms with Crippen LogP contribution in [0.5, 0.6) is 11.5 Å². The summed E-state index contributed by atoms with van der Waals surface area (Å²) in [5.41, 5.74) is 1.09. The van der Waals surface area contributed by atoms with Crippen molar-refractivity contribution in [1.29, 1.82) is 0 Å². The first-order chi connectivity index (χ1) is 15.1. The third kappa shape index (κ3) is 4.78. The van der Waals surface area contributed by atoms with E-state index in [1.54, 1.807) is 12.1 Å². The molecular weight excluding hydrogens is 452 g/mol. The fourth-order valence-electron chi connectivity index (χ4n) is 3.63. The van der Waals surface area contributed by atoms with Crippen molar-refractivity contribution in [3.8, 4) is 11.5 Å². The lowest BCUT2D eigenvalue weighted by molar-refractivity contribution is 0.272. The summed E-state index contributed by atoms with van der Waals surface area (Å²) in [5.74, 6) is 1.11. The molecule has 1 saturated heterocycles. The van der Waals surface area contributed by atoms with Crippen LogP contribution in [0.2, 0.25) is 0 Å². The van der Waals surface area contributed by atoms with Crippen molar-refractivity contribution in [3.05, 3.63) is 48.0 Å². The fourth-order valence-corrected chi connectivity index (χ4v) is 6.49. The van der Waals surface area contributed by atoms with E-state index in [1.165, 1.54) is 41.0 Å². The van der Waals surface area contributed by atoms with Gasteiger partial charge in [0.25, 0.3) is 0 Å². The van der Waals surface area contributed by atoms with Crippen LogP contribution in [0.25, 0.3) is 0 Å². The Morgan fingerprint density at radius 1 is 0.781 bits per heavy atom. The van der Waals surface area contributed by atoms with E-state index in [0.29, 0.717) is 17.4 Å². The van der Waals surface area contributed by atoms with Gasteiger partial charge in [0.1, 0.15) is 0 Å². The molecule has 1 aliphatic heterocycles. The number of nitrogens with zero attached hydrogens (tertiary/aromatic N) is 2. The summed E-state index contributed by atoms with van der Waals surface area (Å²) >= 11 is 0. The minimum absolute atomic E-state index is 0.0703. The van der Waals surface area contributed by atoms with Gasteiger partial charge < -0.3 is 9.47 Å². The Morgan fingerprint density at radius 2 is 1.25 bits per heavy atom. The van der Waals surface area contributed by atoms with Gasteiger partial charge in [-0.05, 0) is 42.2 Å². The van der Waals surface area contributed by atoms with Crippen LogP contribution >= 0.6 is 0 Å². The van der Waals surface area contributed by atoms with Crippen molar-refractivity contribution in [1.82, 2.24) is 8.61 Å². The van der Waals surface area contributed by atoms with Gasteiger partial charge in [0, 0.05) is 32.2 Å². The van der Waals surface area contributed by atoms with Gasteiger partial charge in [-0.2, -0.15) is 8.61 Å². The van der Waals surface area contributed by atoms with Crippen molar-refractivity contribution in [2.45, 2.75) is 36.0 Å². The van der Waals surface area contributed by atoms with Gasteiger partial charge >= 0.3 is 0 Å². The van der Waals surface area contributed by atoms with E-state index in [0.717, 1.165) is 12.0 Å². The molecule has 0 amide bonds. The molecule has 1 fully saturated rings. The number of hydrogen-bond donors (Lipinski definition) is 0. The summed E-state index contributed by atoms with van der Waals surface area (Å²) in [6.45, 7) is 4.50. The molecule has 32 heavy (non-hydrogen) atoms. The monoisotopic (exact) mass is 482 g/mol. The molecule has 3 rings (SSSR count). The van der Waals surface area contributed by atoms with Gasteiger partial charge in [-0.3, -0.25) is 0 Å². The van der Waals surface area contributed by atoms with Gasteiger partial charge in [-0.25, -0.2) is 16.8 Å². The Bertz CT molecular complexity index is 1140. The van der Waals surface area contributed by atoms with Crippen LogP contribution in [0.1, 0.15) is 31.7 Å². The maximum atomic E-state index is 13.1. The van der Waals surface area contributed by atoms with Crippen molar-refractivity contribution in [3.63, 3.8) is 0 Å². The second-order valence-electron chi connectivity index (χ2n) is 7.70. The lowest BCUT2D eigenvalue weighted by Gasteiger charge is -2.33. The quantitative estimate of drug-likeness (QED) is 0.574. The molecule has 0 aliphatic carbocycles. The molecular formula is C22H30N2O6S2. The maximum Gasteiger partial charge on any atom is 0.243 e. The average Bonchev–Trinajstić information content (AvgIpc) is 2.83. The van der Waals surface area contributed by atoms with E-state index in [-0.39, 0.29) is 36.0 Å². The van der Waals surface area contributed by atoms with E-state index in [2.05, 4.69) is 13.8 Å². The van der Waals surface area contributed by atoms with E-state index in [4.69, 9.17) is 9.47 Å². The van der Waals surface area contributed by atoms with Gasteiger partial charge in [-0.1, -0.05) is 26.0 Å². The summed E-state index contributed by atoms with van der Waals surface area (Å²) in [4.78, 5) is 0.299. The van der Waals surface area contributed by atoms with Crippen molar-refractivity contribution >= 4 is 20.0 Å². The molecule has 10 heteroatoms. The first-order valence-electron chi connectivity index (χ1n) is 10.5. The summed E-state index contributed by atoms with van der Waals surface area (Å²) in [7, 11) is -4.57. The minimum atomic E-state index is -3.79. The summed E-state index contributed by atoms with van der Waals surface area (Å²) in [6.07, 6.45) is 0.975. The lowest BCUT2D eigenvalue weighted by Crippen LogP contribution is -2.50. The van der Waals surface area contributed by atoms with Crippen molar-refractivity contribution in [2.24, 2.45) is 0 Å². The Balaban J connectivity index is 1.74. The van der Waals surface area contributed by atoms with Crippen LogP contribution in [-0.4, -0.2) is 65.8 Å². The zero-order chi connectivity index (χ0) is 23.5. The summed E-state index contributed by atoms with van der Waals surface area (Å²) in [6, 6.07) is 11.4. The normalized spacial score (nSPS) is 17.1. The lowest BCUT2D eigenvalue weighted by atomic mass is 9.99. The molecule has 1 atom stereocenters. The Kier molecular flexibility index (Phi) is 7.49. The number of rotatable bonds is 8. The molecule has 8 nitrogen and oxygen atoms in total. The molecule has 1 heterocycles. The molecule has 0 aromatic heterocycles. The highest BCUT2D eigenvalue weighted by Crippen LogP contribution is 2.31. The van der Waals surface area contributed by atoms with E-state index < -0.39 is 20.0 Å². The number of methoxy groups -OCH3 is 2. The van der Waals surface area contributed by atoms with Gasteiger partial charge in [0.05, 0.1) is 24.0 Å². The second kappa shape index (κ2) is 9.78. The largest absolute Gasteiger partial charge is 0.493 e. The second-order valence-corrected chi connectivity index (χ2v) is 11.6. The smallest absolute Gasteiger partial charge is 0.243 e. The Morgan fingerprint density at radius 3 is 1.72 bits per heavy atom. The average molecular weight is 483 g/mol. The molecule has 2 aromatic carbocycles. The number of sulfonamides is 2. The van der Waals surface area contributed by atoms with Crippen LogP contribution < -0.4 is 9.47 Å². The number of ether oxygens (including phenoxy) is 2. The van der Waals surface area contributed by atoms with Crippen LogP contribution in [0.3, 0.4) is 0 Å². The van der Waals surface area contributed by atoms with E-state index in [1.807, 2.05) is 12.1 Å². The molecule has 2 aromatic rings. The van der Waals surface area contributed by atoms with Crippen LogP contribution in [0, 0.1) is 0 Å². The molecule has 0 bridgehead atoms. The molecule has 0 radical (unpaired) electrons. The highest BCUT2D eigenvalue weighted by Gasteiger charge is 2.34. The highest BCUT2D eigenvalue weighted by molar-refractivity contribution is 7.89. The number of piperazine rings is 1. The Labute approximate surface area is 190 Å². The molecule has 176 valence electrons. The van der Waals surface area contributed by atoms with Gasteiger partial charge in [0.2, 0.25) is 20.0 Å². The minimum Gasteiger partial charge on any atom is -0.493 e. The predicted octanol–water partition coefficient (Wildman–Crippen LogP) is 2.91. The standard InChI is InChI=1S/C22H30N2O6S2/c1-5-17(2)18-6-8-19(9-7-18)31(25,26)23-12-14-24(15-13-23)32(27,28)20-10-11-21(29-3)22(16-20)30-4/h6-11,16-17H,5,12-15H2,1-4H3. The van der Waals surface area contributed by atoms with E-state index in [9.17, 15) is 16.8 Å². The van der Waals surface area contributed by atoms with Crippen molar-refractivity contribution in [2.75, 3.05) is 40.4 Å². The molecule has 0 saturated carbocycles. The van der Waals surface area contributed by atoms with Gasteiger partial charge in [-0.15, -0.1) is 0 Å². The Hall–Kier alpha value is -2.14. The third-order valence-electron chi connectivity index (χ3n) is 5.89. The predicted molar refractivity (Wildman–Crippen MR) is 122 cm³/mol. The third-order valence-corrected chi connectivity index (χ3v) is 9.70. The molecule has 1 unspecified atom stereocenters. The first kappa shape index (κ1) is 24.5. The van der Waals surface area contributed by atoms with E-state index >= 15 is 0 Å². The van der Waals surface area contributed by atoms with Crippen molar-refractivity contribution < 1.29 is 26.3 Å². The number of benzene rings is 2. The highest BCUT2D eigenvalue weighted by atomic mass is 32.2. The molecule has 0 spiro atoms. The van der Waals surface area contributed by atoms with Gasteiger partial charge in [0.15, 0.2) is 11.5 Å². The molecule has 0 N–H and O–H groups in total. The maximum absolute atomic E-state index is 13.1. The zero-order valence-corrected chi connectivity index (χ0v) is 20.4. The summed E-state index contributed by atoms with van der Waals surface area (Å²) in [5, 5.41) is 0. The first-order valence-corrected chi connectivity index (χ1v) is 13.4. The summed E-state index contributed by atoms with van der Waals surface area (Å²) < 4.78 is 65.2. The fraction of sp³-hybridized carbons (Fsp3) is 0.455. The van der Waals surface area contributed by atoms with Crippen LogP contribution in [0.4, 0.5) is 0 Å². The SMILES string of the molecule is CCC(C)c1ccc(S(=O)(=O)N2CCN(S(=O)(=O)c3ccc(OC)c(OC)c3)CC2)cc1.